The lowest BCUT2D eigenvalue weighted by molar-refractivity contribution is 0.570. The Hall–Kier alpha value is -2.62. The van der Waals surface area contributed by atoms with Crippen molar-refractivity contribution in [1.82, 2.24) is 24.5 Å². The van der Waals surface area contributed by atoms with Gasteiger partial charge in [0, 0.05) is 6.54 Å². The van der Waals surface area contributed by atoms with Gasteiger partial charge in [-0.1, -0.05) is 17.7 Å². The summed E-state index contributed by atoms with van der Waals surface area (Å²) in [5.41, 5.74) is 8.48. The van der Waals surface area contributed by atoms with Crippen molar-refractivity contribution in [2.45, 2.75) is 25.9 Å². The number of nitrogens with zero attached hydrogens (tertiary/aromatic N) is 5. The first-order valence-electron chi connectivity index (χ1n) is 8.80. The van der Waals surface area contributed by atoms with Crippen LogP contribution in [0.15, 0.2) is 34.8 Å². The highest BCUT2D eigenvalue weighted by Gasteiger charge is 2.19. The van der Waals surface area contributed by atoms with Gasteiger partial charge < -0.3 is 11.1 Å². The van der Waals surface area contributed by atoms with Crippen LogP contribution in [0.4, 0.5) is 5.82 Å². The van der Waals surface area contributed by atoms with E-state index in [4.69, 9.17) is 22.3 Å². The minimum atomic E-state index is -0.298. The number of anilines is 1. The number of aromatic nitrogens is 5. The summed E-state index contributed by atoms with van der Waals surface area (Å²) in [6, 6.07) is 4.97. The summed E-state index contributed by atoms with van der Waals surface area (Å²) in [6.07, 6.45) is 2.14. The van der Waals surface area contributed by atoms with Crippen LogP contribution >= 0.6 is 22.9 Å². The normalized spacial score (nSPS) is 12.5. The predicted octanol–water partition coefficient (Wildman–Crippen LogP) is 2.97. The Morgan fingerprint density at radius 2 is 2.18 bits per heavy atom. The van der Waals surface area contributed by atoms with Gasteiger partial charge in [0.15, 0.2) is 5.82 Å². The molecule has 1 unspecified atom stereocenters. The Labute approximate surface area is 169 Å². The molecule has 0 aliphatic heterocycles. The number of hydrogen-bond acceptors (Lipinski definition) is 8. The summed E-state index contributed by atoms with van der Waals surface area (Å²) in [6.45, 7) is 2.86. The molecule has 1 aromatic carbocycles. The summed E-state index contributed by atoms with van der Waals surface area (Å²) in [7, 11) is 0. The van der Waals surface area contributed by atoms with Crippen LogP contribution in [-0.2, 0) is 6.54 Å². The molecule has 144 valence electrons. The number of nitrogens with one attached hydrogen (secondary N) is 1. The van der Waals surface area contributed by atoms with Gasteiger partial charge in [0.2, 0.25) is 0 Å². The summed E-state index contributed by atoms with van der Waals surface area (Å²) in [5.74, 6) is 1.19. The lowest BCUT2D eigenvalue weighted by Crippen LogP contribution is -2.29. The van der Waals surface area contributed by atoms with E-state index in [1.165, 1.54) is 17.7 Å². The van der Waals surface area contributed by atoms with E-state index in [0.29, 0.717) is 52.6 Å². The second kappa shape index (κ2) is 7.78. The van der Waals surface area contributed by atoms with Crippen molar-refractivity contribution in [3.8, 4) is 0 Å². The SMILES string of the molecule is CC(Nc1ncnc2scnc12)c1nc2cccc(Cl)c2c(=O)n1CCCN. The number of rotatable bonds is 6. The number of nitrogens with two attached hydrogens (primary N) is 1. The average Bonchev–Trinajstić information content (AvgIpc) is 3.17. The summed E-state index contributed by atoms with van der Waals surface area (Å²) in [4.78, 5) is 31.5. The average molecular weight is 416 g/mol. The zero-order valence-corrected chi connectivity index (χ0v) is 16.7. The maximum absolute atomic E-state index is 13.1. The molecule has 3 heterocycles. The van der Waals surface area contributed by atoms with Crippen LogP contribution in [0.25, 0.3) is 21.3 Å². The van der Waals surface area contributed by atoms with Crippen LogP contribution < -0.4 is 16.6 Å². The molecule has 0 fully saturated rings. The highest BCUT2D eigenvalue weighted by Crippen LogP contribution is 2.26. The number of halogens is 1. The Kier molecular flexibility index (Phi) is 5.21. The van der Waals surface area contributed by atoms with Crippen molar-refractivity contribution < 1.29 is 0 Å². The number of thiazole rings is 1. The molecular weight excluding hydrogens is 398 g/mol. The van der Waals surface area contributed by atoms with Crippen molar-refractivity contribution in [2.75, 3.05) is 11.9 Å². The zero-order chi connectivity index (χ0) is 19.7. The van der Waals surface area contributed by atoms with Gasteiger partial charge in [-0.2, -0.15) is 0 Å². The van der Waals surface area contributed by atoms with Crippen molar-refractivity contribution in [3.63, 3.8) is 0 Å². The van der Waals surface area contributed by atoms with E-state index < -0.39 is 0 Å². The molecule has 4 rings (SSSR count). The third-order valence-corrected chi connectivity index (χ3v) is 5.47. The number of fused-ring (bicyclic) bond motifs is 2. The molecule has 0 aliphatic rings. The molecule has 28 heavy (non-hydrogen) atoms. The van der Waals surface area contributed by atoms with Gasteiger partial charge in [-0.05, 0) is 32.0 Å². The Bertz CT molecular complexity index is 1210. The fraction of sp³-hybridized carbons (Fsp3) is 0.278. The fourth-order valence-electron chi connectivity index (χ4n) is 3.11. The molecule has 0 amide bonds. The smallest absolute Gasteiger partial charge is 0.262 e. The first-order valence-corrected chi connectivity index (χ1v) is 10.1. The zero-order valence-electron chi connectivity index (χ0n) is 15.1. The lowest BCUT2D eigenvalue weighted by atomic mass is 10.2. The molecular formula is C18H18ClN7OS. The molecule has 0 saturated heterocycles. The third-order valence-electron chi connectivity index (χ3n) is 4.42. The van der Waals surface area contributed by atoms with Crippen molar-refractivity contribution in [1.29, 1.82) is 0 Å². The topological polar surface area (TPSA) is 112 Å². The van der Waals surface area contributed by atoms with Crippen LogP contribution in [0.1, 0.15) is 25.2 Å². The summed E-state index contributed by atoms with van der Waals surface area (Å²) in [5, 5.41) is 4.13. The van der Waals surface area contributed by atoms with Crippen LogP contribution in [0.5, 0.6) is 0 Å². The molecule has 1 atom stereocenters. The minimum absolute atomic E-state index is 0.172. The second-order valence-electron chi connectivity index (χ2n) is 6.30. The molecule has 4 aromatic rings. The van der Waals surface area contributed by atoms with Crippen LogP contribution in [-0.4, -0.2) is 31.0 Å². The van der Waals surface area contributed by atoms with Gasteiger partial charge in [-0.3, -0.25) is 9.36 Å². The summed E-state index contributed by atoms with van der Waals surface area (Å²) >= 11 is 7.71. The molecule has 0 bridgehead atoms. The third kappa shape index (κ3) is 3.32. The highest BCUT2D eigenvalue weighted by molar-refractivity contribution is 7.16. The molecule has 0 saturated carbocycles. The molecule has 10 heteroatoms. The summed E-state index contributed by atoms with van der Waals surface area (Å²) < 4.78 is 1.64. The first-order chi connectivity index (χ1) is 13.6. The van der Waals surface area contributed by atoms with Crippen LogP contribution in [0.2, 0.25) is 5.02 Å². The van der Waals surface area contributed by atoms with Gasteiger partial charge in [0.25, 0.3) is 5.56 Å². The lowest BCUT2D eigenvalue weighted by Gasteiger charge is -2.20. The van der Waals surface area contributed by atoms with Gasteiger partial charge in [-0.25, -0.2) is 19.9 Å². The quantitative estimate of drug-likeness (QED) is 0.497. The Morgan fingerprint density at radius 1 is 1.32 bits per heavy atom. The monoisotopic (exact) mass is 415 g/mol. The largest absolute Gasteiger partial charge is 0.358 e. The van der Waals surface area contributed by atoms with E-state index in [1.54, 1.807) is 28.3 Å². The van der Waals surface area contributed by atoms with Gasteiger partial charge >= 0.3 is 0 Å². The Balaban J connectivity index is 1.82. The van der Waals surface area contributed by atoms with E-state index >= 15 is 0 Å². The Morgan fingerprint density at radius 3 is 3.00 bits per heavy atom. The highest BCUT2D eigenvalue weighted by atomic mass is 35.5. The first kappa shape index (κ1) is 18.7. The van der Waals surface area contributed by atoms with Gasteiger partial charge in [0.05, 0.1) is 27.5 Å². The molecule has 3 N–H and O–H groups in total. The van der Waals surface area contributed by atoms with Gasteiger partial charge in [-0.15, -0.1) is 11.3 Å². The maximum atomic E-state index is 13.1. The van der Waals surface area contributed by atoms with Crippen molar-refractivity contribution in [3.05, 3.63) is 51.2 Å². The predicted molar refractivity (Wildman–Crippen MR) is 112 cm³/mol. The number of hydrogen-bond donors (Lipinski definition) is 2. The molecule has 8 nitrogen and oxygen atoms in total. The molecule has 3 aromatic heterocycles. The van der Waals surface area contributed by atoms with Crippen LogP contribution in [0, 0.1) is 0 Å². The van der Waals surface area contributed by atoms with E-state index in [9.17, 15) is 4.79 Å². The van der Waals surface area contributed by atoms with E-state index in [-0.39, 0.29) is 11.6 Å². The van der Waals surface area contributed by atoms with Crippen LogP contribution in [0.3, 0.4) is 0 Å². The van der Waals surface area contributed by atoms with E-state index in [0.717, 1.165) is 4.83 Å². The van der Waals surface area contributed by atoms with Gasteiger partial charge in [0.1, 0.15) is 22.5 Å². The molecule has 0 aliphatic carbocycles. The molecule has 0 spiro atoms. The van der Waals surface area contributed by atoms with Crippen molar-refractivity contribution in [2.24, 2.45) is 5.73 Å². The van der Waals surface area contributed by atoms with E-state index in [2.05, 4.69) is 20.3 Å². The van der Waals surface area contributed by atoms with Crippen molar-refractivity contribution >= 4 is 50.0 Å². The standard InChI is InChI=1S/C18H18ClN7OS/c1-10(24-15-14-17(22-8-21-15)28-9-23-14)16-25-12-5-2-4-11(19)13(12)18(27)26(16)7-3-6-20/h2,4-5,8-10H,3,6-7,20H2,1H3,(H,21,22,24). The second-order valence-corrected chi connectivity index (χ2v) is 7.54. The van der Waals surface area contributed by atoms with E-state index in [1.807, 2.05) is 6.92 Å². The number of benzene rings is 1. The minimum Gasteiger partial charge on any atom is -0.358 e. The maximum Gasteiger partial charge on any atom is 0.262 e. The molecule has 0 radical (unpaired) electrons. The fourth-order valence-corrected chi connectivity index (χ4v) is 3.98.